The lowest BCUT2D eigenvalue weighted by Gasteiger charge is -2.24. The Balaban J connectivity index is 1.94. The summed E-state index contributed by atoms with van der Waals surface area (Å²) < 4.78 is 0.835. The minimum Gasteiger partial charge on any atom is -0.507 e. The number of halogens is 1. The fourth-order valence-corrected chi connectivity index (χ4v) is 3.45. The zero-order chi connectivity index (χ0) is 19.7. The van der Waals surface area contributed by atoms with E-state index in [9.17, 15) is 14.7 Å². The zero-order valence-corrected chi connectivity index (χ0v) is 16.1. The van der Waals surface area contributed by atoms with E-state index in [1.807, 2.05) is 0 Å². The van der Waals surface area contributed by atoms with Gasteiger partial charge in [-0.2, -0.15) is 0 Å². The van der Waals surface area contributed by atoms with Crippen molar-refractivity contribution in [2.24, 2.45) is 0 Å². The Bertz CT molecular complexity index is 1070. The maximum Gasteiger partial charge on any atom is 0.301 e. The molecule has 1 saturated heterocycles. The summed E-state index contributed by atoms with van der Waals surface area (Å²) in [6.45, 7) is 0. The molecule has 0 radical (unpaired) electrons. The van der Waals surface area contributed by atoms with Gasteiger partial charge in [-0.1, -0.05) is 40.2 Å². The van der Waals surface area contributed by atoms with E-state index in [1.54, 1.807) is 73.2 Å². The molecule has 1 aliphatic rings. The van der Waals surface area contributed by atoms with Gasteiger partial charge in [0.15, 0.2) is 0 Å². The van der Waals surface area contributed by atoms with Crippen molar-refractivity contribution in [3.63, 3.8) is 0 Å². The number of pyridine rings is 2. The van der Waals surface area contributed by atoms with E-state index < -0.39 is 17.7 Å². The van der Waals surface area contributed by atoms with Gasteiger partial charge in [0.25, 0.3) is 5.78 Å². The number of aliphatic hydroxyl groups is 1. The summed E-state index contributed by atoms with van der Waals surface area (Å²) >= 11 is 3.34. The zero-order valence-electron chi connectivity index (χ0n) is 14.5. The predicted molar refractivity (Wildman–Crippen MR) is 107 cm³/mol. The highest BCUT2D eigenvalue weighted by Crippen LogP contribution is 2.41. The van der Waals surface area contributed by atoms with Crippen LogP contribution in [0.3, 0.4) is 0 Å². The second-order valence-electron chi connectivity index (χ2n) is 6.15. The Kier molecular flexibility index (Phi) is 4.75. The number of aliphatic hydroxyl groups excluding tert-OH is 1. The molecule has 138 valence electrons. The van der Waals surface area contributed by atoms with E-state index in [0.29, 0.717) is 16.9 Å². The Hall–Kier alpha value is -3.32. The van der Waals surface area contributed by atoms with Crippen molar-refractivity contribution in [3.8, 4) is 0 Å². The molecule has 1 aromatic carbocycles. The second kappa shape index (κ2) is 7.36. The fourth-order valence-electron chi connectivity index (χ4n) is 3.18. The molecule has 7 heteroatoms. The first-order valence-electron chi connectivity index (χ1n) is 8.46. The topological polar surface area (TPSA) is 83.4 Å². The van der Waals surface area contributed by atoms with Crippen molar-refractivity contribution in [1.82, 2.24) is 9.97 Å². The number of aromatic nitrogens is 2. The standard InChI is InChI=1S/C21H14BrN3O3/c22-15-8-6-13(7-9-15)19(26)17-18(14-4-3-10-23-12-14)25(21(28)20(17)27)16-5-1-2-11-24-16/h1-12,18,26H/b19-17+. The molecule has 0 aliphatic carbocycles. The Morgan fingerprint density at radius 1 is 1.00 bits per heavy atom. The summed E-state index contributed by atoms with van der Waals surface area (Å²) in [5.41, 5.74) is 1.05. The lowest BCUT2D eigenvalue weighted by Crippen LogP contribution is -2.30. The number of carbonyl (C=O) groups is 2. The number of hydrogen-bond donors (Lipinski definition) is 1. The molecule has 1 N–H and O–H groups in total. The Morgan fingerprint density at radius 3 is 2.43 bits per heavy atom. The summed E-state index contributed by atoms with van der Waals surface area (Å²) in [4.78, 5) is 35.4. The van der Waals surface area contributed by atoms with Crippen LogP contribution in [0.4, 0.5) is 5.82 Å². The van der Waals surface area contributed by atoms with Gasteiger partial charge in [0, 0.05) is 28.6 Å². The average molecular weight is 436 g/mol. The summed E-state index contributed by atoms with van der Waals surface area (Å²) in [6.07, 6.45) is 4.72. The van der Waals surface area contributed by atoms with Crippen LogP contribution in [0.5, 0.6) is 0 Å². The van der Waals surface area contributed by atoms with Gasteiger partial charge < -0.3 is 5.11 Å². The number of nitrogens with zero attached hydrogens (tertiary/aromatic N) is 3. The number of hydrogen-bond acceptors (Lipinski definition) is 5. The number of ketones is 1. The van der Waals surface area contributed by atoms with Crippen LogP contribution in [0.25, 0.3) is 5.76 Å². The van der Waals surface area contributed by atoms with Gasteiger partial charge in [-0.3, -0.25) is 19.5 Å². The third-order valence-electron chi connectivity index (χ3n) is 4.46. The van der Waals surface area contributed by atoms with E-state index in [-0.39, 0.29) is 11.3 Å². The first kappa shape index (κ1) is 18.1. The first-order chi connectivity index (χ1) is 13.6. The molecule has 1 amide bonds. The largest absolute Gasteiger partial charge is 0.507 e. The SMILES string of the molecule is O=C1C(=O)N(c2ccccn2)C(c2cccnc2)/C1=C(\O)c1ccc(Br)cc1. The normalized spacial score (nSPS) is 18.5. The number of anilines is 1. The fraction of sp³-hybridized carbons (Fsp3) is 0.0476. The van der Waals surface area contributed by atoms with Gasteiger partial charge in [0.2, 0.25) is 0 Å². The molecule has 3 aromatic rings. The van der Waals surface area contributed by atoms with Crippen LogP contribution in [-0.2, 0) is 9.59 Å². The molecule has 1 fully saturated rings. The number of rotatable bonds is 3. The van der Waals surface area contributed by atoms with Crippen LogP contribution >= 0.6 is 15.9 Å². The summed E-state index contributed by atoms with van der Waals surface area (Å²) in [7, 11) is 0. The molecule has 1 unspecified atom stereocenters. The second-order valence-corrected chi connectivity index (χ2v) is 7.07. The van der Waals surface area contributed by atoms with Crippen LogP contribution < -0.4 is 4.90 Å². The van der Waals surface area contributed by atoms with E-state index in [0.717, 1.165) is 4.47 Å². The smallest absolute Gasteiger partial charge is 0.301 e. The van der Waals surface area contributed by atoms with Crippen molar-refractivity contribution in [3.05, 3.63) is 94.4 Å². The Labute approximate surface area is 169 Å². The molecular weight excluding hydrogens is 422 g/mol. The highest BCUT2D eigenvalue weighted by Gasteiger charge is 2.47. The minimum absolute atomic E-state index is 0.00553. The quantitative estimate of drug-likeness (QED) is 0.383. The first-order valence-corrected chi connectivity index (χ1v) is 9.25. The molecule has 0 bridgehead atoms. The van der Waals surface area contributed by atoms with Gasteiger partial charge in [0.05, 0.1) is 11.6 Å². The van der Waals surface area contributed by atoms with Gasteiger partial charge in [0.1, 0.15) is 11.6 Å². The summed E-state index contributed by atoms with van der Waals surface area (Å²) in [5.74, 6) is -1.42. The number of benzene rings is 1. The molecule has 28 heavy (non-hydrogen) atoms. The lowest BCUT2D eigenvalue weighted by molar-refractivity contribution is -0.132. The molecule has 3 heterocycles. The average Bonchev–Trinajstić information content (AvgIpc) is 3.00. The van der Waals surface area contributed by atoms with Gasteiger partial charge in [-0.25, -0.2) is 4.98 Å². The van der Waals surface area contributed by atoms with E-state index in [4.69, 9.17) is 0 Å². The van der Waals surface area contributed by atoms with Crippen molar-refractivity contribution < 1.29 is 14.7 Å². The van der Waals surface area contributed by atoms with Crippen molar-refractivity contribution in [2.45, 2.75) is 6.04 Å². The molecule has 0 saturated carbocycles. The molecular formula is C21H14BrN3O3. The molecule has 6 nitrogen and oxygen atoms in total. The van der Waals surface area contributed by atoms with Gasteiger partial charge in [-0.15, -0.1) is 0 Å². The van der Waals surface area contributed by atoms with E-state index in [2.05, 4.69) is 25.9 Å². The van der Waals surface area contributed by atoms with Crippen molar-refractivity contribution in [1.29, 1.82) is 0 Å². The monoisotopic (exact) mass is 435 g/mol. The number of carbonyl (C=O) groups excluding carboxylic acids is 2. The third kappa shape index (κ3) is 3.10. The van der Waals surface area contributed by atoms with Crippen molar-refractivity contribution >= 4 is 39.2 Å². The molecule has 4 rings (SSSR count). The van der Waals surface area contributed by atoms with Crippen molar-refractivity contribution in [2.75, 3.05) is 4.90 Å². The maximum atomic E-state index is 12.9. The van der Waals surface area contributed by atoms with Crippen LogP contribution in [0.15, 0.2) is 83.2 Å². The van der Waals surface area contributed by atoms with Crippen LogP contribution in [0, 0.1) is 0 Å². The van der Waals surface area contributed by atoms with Crippen LogP contribution in [-0.4, -0.2) is 26.8 Å². The Morgan fingerprint density at radius 2 is 1.79 bits per heavy atom. The van der Waals surface area contributed by atoms with Crippen LogP contribution in [0.1, 0.15) is 17.2 Å². The van der Waals surface area contributed by atoms with Gasteiger partial charge in [-0.05, 0) is 35.9 Å². The molecule has 1 atom stereocenters. The highest BCUT2D eigenvalue weighted by molar-refractivity contribution is 9.10. The maximum absolute atomic E-state index is 12.9. The highest BCUT2D eigenvalue weighted by atomic mass is 79.9. The summed E-state index contributed by atoms with van der Waals surface area (Å²) in [6, 6.07) is 14.6. The number of amides is 1. The van der Waals surface area contributed by atoms with E-state index in [1.165, 1.54) is 4.90 Å². The summed E-state index contributed by atoms with van der Waals surface area (Å²) in [5, 5.41) is 10.9. The lowest BCUT2D eigenvalue weighted by atomic mass is 9.96. The molecule has 0 spiro atoms. The third-order valence-corrected chi connectivity index (χ3v) is 4.99. The van der Waals surface area contributed by atoms with Crippen LogP contribution in [0.2, 0.25) is 0 Å². The minimum atomic E-state index is -0.827. The number of Topliss-reactive ketones (excluding diaryl/α,β-unsaturated/α-hetero) is 1. The van der Waals surface area contributed by atoms with E-state index >= 15 is 0 Å². The van der Waals surface area contributed by atoms with Gasteiger partial charge >= 0.3 is 5.91 Å². The predicted octanol–water partition coefficient (Wildman–Crippen LogP) is 3.87. The molecule has 2 aromatic heterocycles. The molecule has 1 aliphatic heterocycles.